The summed E-state index contributed by atoms with van der Waals surface area (Å²) in [6.45, 7) is 4.01. The number of nitrogens with one attached hydrogen (secondary N) is 1. The van der Waals surface area contributed by atoms with Crippen LogP contribution in [-0.2, 0) is 6.42 Å². The topological polar surface area (TPSA) is 48.5 Å². The minimum Gasteiger partial charge on any atom is -0.326 e. The van der Waals surface area contributed by atoms with Gasteiger partial charge in [-0.3, -0.25) is 14.7 Å². The van der Waals surface area contributed by atoms with E-state index in [9.17, 15) is 4.79 Å². The van der Waals surface area contributed by atoms with Gasteiger partial charge in [0.1, 0.15) is 0 Å². The van der Waals surface area contributed by atoms with Crippen LogP contribution in [0.1, 0.15) is 15.9 Å². The van der Waals surface area contributed by atoms with E-state index < -0.39 is 0 Å². The molecule has 0 aromatic carbocycles. The van der Waals surface area contributed by atoms with Crippen LogP contribution in [0.3, 0.4) is 0 Å². The van der Waals surface area contributed by atoms with Crippen LogP contribution in [0.4, 0.5) is 0 Å². The quantitative estimate of drug-likeness (QED) is 0.754. The molecule has 0 bridgehead atoms. The molecule has 0 aliphatic carbocycles. The van der Waals surface area contributed by atoms with Gasteiger partial charge in [-0.2, -0.15) is 0 Å². The Labute approximate surface area is 107 Å². The molecule has 0 radical (unpaired) electrons. The zero-order chi connectivity index (χ0) is 12.5. The Morgan fingerprint density at radius 3 is 2.94 bits per heavy atom. The largest absolute Gasteiger partial charge is 0.326 e. The van der Waals surface area contributed by atoms with Crippen LogP contribution < -0.4 is 5.32 Å². The SMILES string of the molecule is CN1C(=O)c2cnccc2CC1N1CCNCC1. The molecule has 18 heavy (non-hydrogen) atoms. The van der Waals surface area contributed by atoms with Crippen LogP contribution in [0.15, 0.2) is 18.5 Å². The summed E-state index contributed by atoms with van der Waals surface area (Å²) in [5, 5.41) is 3.34. The van der Waals surface area contributed by atoms with E-state index in [4.69, 9.17) is 0 Å². The molecule has 2 aliphatic rings. The molecule has 0 spiro atoms. The average Bonchev–Trinajstić information content (AvgIpc) is 2.44. The molecule has 3 heterocycles. The van der Waals surface area contributed by atoms with Gasteiger partial charge in [-0.25, -0.2) is 0 Å². The molecule has 1 aromatic rings. The van der Waals surface area contributed by atoms with E-state index in [2.05, 4.69) is 15.2 Å². The zero-order valence-corrected chi connectivity index (χ0v) is 10.6. The van der Waals surface area contributed by atoms with E-state index in [-0.39, 0.29) is 12.1 Å². The number of likely N-dealkylation sites (N-methyl/N-ethyl adjacent to an activating group) is 1. The Morgan fingerprint density at radius 1 is 1.39 bits per heavy atom. The summed E-state index contributed by atoms with van der Waals surface area (Å²) < 4.78 is 0. The lowest BCUT2D eigenvalue weighted by Crippen LogP contribution is -2.58. The van der Waals surface area contributed by atoms with Crippen molar-refractivity contribution in [3.8, 4) is 0 Å². The van der Waals surface area contributed by atoms with Crippen LogP contribution in [0.5, 0.6) is 0 Å². The van der Waals surface area contributed by atoms with Gasteiger partial charge in [0.15, 0.2) is 0 Å². The number of hydrogen-bond donors (Lipinski definition) is 1. The van der Waals surface area contributed by atoms with Crippen molar-refractivity contribution in [2.75, 3.05) is 33.2 Å². The molecule has 1 amide bonds. The van der Waals surface area contributed by atoms with Crippen molar-refractivity contribution in [2.45, 2.75) is 12.6 Å². The van der Waals surface area contributed by atoms with Crippen molar-refractivity contribution in [1.29, 1.82) is 0 Å². The molecular weight excluding hydrogens is 228 g/mol. The highest BCUT2D eigenvalue weighted by molar-refractivity contribution is 5.96. The lowest BCUT2D eigenvalue weighted by Gasteiger charge is -2.42. The van der Waals surface area contributed by atoms with Gasteiger partial charge >= 0.3 is 0 Å². The second kappa shape index (κ2) is 4.66. The number of carbonyl (C=O) groups excluding carboxylic acids is 1. The number of fused-ring (bicyclic) bond motifs is 1. The fourth-order valence-corrected chi connectivity index (χ4v) is 2.81. The van der Waals surface area contributed by atoms with E-state index in [1.54, 1.807) is 12.4 Å². The van der Waals surface area contributed by atoms with Crippen molar-refractivity contribution >= 4 is 5.91 Å². The van der Waals surface area contributed by atoms with Gasteiger partial charge in [-0.1, -0.05) is 0 Å². The second-order valence-corrected chi connectivity index (χ2v) is 4.92. The zero-order valence-electron chi connectivity index (χ0n) is 10.6. The highest BCUT2D eigenvalue weighted by Crippen LogP contribution is 2.23. The van der Waals surface area contributed by atoms with Crippen LogP contribution in [0.2, 0.25) is 0 Å². The van der Waals surface area contributed by atoms with Gasteiger partial charge in [0, 0.05) is 52.0 Å². The fraction of sp³-hybridized carbons (Fsp3) is 0.538. The lowest BCUT2D eigenvalue weighted by molar-refractivity contribution is 0.0318. The summed E-state index contributed by atoms with van der Waals surface area (Å²) in [6.07, 6.45) is 4.54. The van der Waals surface area contributed by atoms with Gasteiger partial charge in [0.05, 0.1) is 11.7 Å². The average molecular weight is 246 g/mol. The second-order valence-electron chi connectivity index (χ2n) is 4.92. The molecule has 5 nitrogen and oxygen atoms in total. The van der Waals surface area contributed by atoms with Crippen LogP contribution in [0.25, 0.3) is 0 Å². The lowest BCUT2D eigenvalue weighted by atomic mass is 9.98. The molecule has 96 valence electrons. The number of amides is 1. The minimum atomic E-state index is 0.0906. The normalized spacial score (nSPS) is 25.1. The Bertz CT molecular complexity index is 456. The molecule has 2 aliphatic heterocycles. The molecule has 1 N–H and O–H groups in total. The highest BCUT2D eigenvalue weighted by atomic mass is 16.2. The first-order valence-corrected chi connectivity index (χ1v) is 6.42. The van der Waals surface area contributed by atoms with Crippen molar-refractivity contribution in [3.05, 3.63) is 29.6 Å². The summed E-state index contributed by atoms with van der Waals surface area (Å²) in [7, 11) is 1.89. The number of pyridine rings is 1. The van der Waals surface area contributed by atoms with Gasteiger partial charge in [0.25, 0.3) is 5.91 Å². The smallest absolute Gasteiger partial charge is 0.256 e. The van der Waals surface area contributed by atoms with Crippen LogP contribution >= 0.6 is 0 Å². The van der Waals surface area contributed by atoms with E-state index in [1.807, 2.05) is 18.0 Å². The third kappa shape index (κ3) is 1.89. The third-order valence-electron chi connectivity index (χ3n) is 3.88. The number of carbonyl (C=O) groups is 1. The minimum absolute atomic E-state index is 0.0906. The van der Waals surface area contributed by atoms with E-state index in [1.165, 1.54) is 0 Å². The standard InChI is InChI=1S/C13H18N4O/c1-16-12(17-6-4-14-5-7-17)8-10-2-3-15-9-11(10)13(16)18/h2-3,9,12,14H,4-8H2,1H3. The summed E-state index contributed by atoms with van der Waals surface area (Å²) >= 11 is 0. The van der Waals surface area contributed by atoms with Crippen molar-refractivity contribution < 1.29 is 4.79 Å². The predicted molar refractivity (Wildman–Crippen MR) is 68.3 cm³/mol. The fourth-order valence-electron chi connectivity index (χ4n) is 2.81. The molecular formula is C13H18N4O. The Kier molecular flexibility index (Phi) is 3.01. The van der Waals surface area contributed by atoms with Crippen molar-refractivity contribution in [3.63, 3.8) is 0 Å². The summed E-state index contributed by atoms with van der Waals surface area (Å²) in [6, 6.07) is 1.97. The molecule has 1 aromatic heterocycles. The molecule has 3 rings (SSSR count). The number of rotatable bonds is 1. The van der Waals surface area contributed by atoms with Crippen molar-refractivity contribution in [1.82, 2.24) is 20.1 Å². The van der Waals surface area contributed by atoms with Crippen molar-refractivity contribution in [2.24, 2.45) is 0 Å². The maximum absolute atomic E-state index is 12.3. The van der Waals surface area contributed by atoms with Gasteiger partial charge in [-0.15, -0.1) is 0 Å². The third-order valence-corrected chi connectivity index (χ3v) is 3.88. The number of aromatic nitrogens is 1. The predicted octanol–water partition coefficient (Wildman–Crippen LogP) is -0.0590. The van der Waals surface area contributed by atoms with Gasteiger partial charge in [0.2, 0.25) is 0 Å². The molecule has 0 saturated carbocycles. The molecule has 1 atom stereocenters. The first-order chi connectivity index (χ1) is 8.77. The first kappa shape index (κ1) is 11.6. The monoisotopic (exact) mass is 246 g/mol. The molecule has 1 fully saturated rings. The number of nitrogens with zero attached hydrogens (tertiary/aromatic N) is 3. The van der Waals surface area contributed by atoms with E-state index in [0.29, 0.717) is 0 Å². The maximum Gasteiger partial charge on any atom is 0.256 e. The summed E-state index contributed by atoms with van der Waals surface area (Å²) in [4.78, 5) is 20.6. The molecule has 5 heteroatoms. The van der Waals surface area contributed by atoms with E-state index in [0.717, 1.165) is 43.7 Å². The van der Waals surface area contributed by atoms with Gasteiger partial charge in [-0.05, 0) is 11.6 Å². The van der Waals surface area contributed by atoms with E-state index >= 15 is 0 Å². The van der Waals surface area contributed by atoms with Gasteiger partial charge < -0.3 is 10.2 Å². The van der Waals surface area contributed by atoms with Crippen LogP contribution in [0, 0.1) is 0 Å². The summed E-state index contributed by atoms with van der Waals surface area (Å²) in [5.41, 5.74) is 1.88. The molecule has 1 saturated heterocycles. The number of piperazine rings is 1. The Balaban J connectivity index is 1.88. The Hall–Kier alpha value is -1.46. The molecule has 1 unspecified atom stereocenters. The maximum atomic E-state index is 12.3. The first-order valence-electron chi connectivity index (χ1n) is 6.42. The van der Waals surface area contributed by atoms with Crippen LogP contribution in [-0.4, -0.2) is 60.1 Å². The number of hydrogen-bond acceptors (Lipinski definition) is 4. The highest BCUT2D eigenvalue weighted by Gasteiger charge is 2.33. The Morgan fingerprint density at radius 2 is 2.17 bits per heavy atom. The summed E-state index contributed by atoms with van der Waals surface area (Å²) in [5.74, 6) is 0.0906.